The molecule has 0 radical (unpaired) electrons. The van der Waals surface area contributed by atoms with Crippen LogP contribution in [-0.4, -0.2) is 33.4 Å². The van der Waals surface area contributed by atoms with E-state index in [0.29, 0.717) is 22.5 Å². The molecule has 1 N–H and O–H groups in total. The van der Waals surface area contributed by atoms with Crippen molar-refractivity contribution in [2.75, 3.05) is 11.9 Å². The third-order valence-corrected chi connectivity index (χ3v) is 4.63. The van der Waals surface area contributed by atoms with Gasteiger partial charge in [-0.25, -0.2) is 0 Å². The molecule has 11 heteroatoms. The van der Waals surface area contributed by atoms with Gasteiger partial charge in [0.05, 0.1) is 21.7 Å². The molecule has 9 nitrogen and oxygen atoms in total. The molecule has 1 aliphatic heterocycles. The molecule has 1 aromatic heterocycles. The Hall–Kier alpha value is -3.11. The summed E-state index contributed by atoms with van der Waals surface area (Å²) in [6.07, 6.45) is 1.21. The fourth-order valence-electron chi connectivity index (χ4n) is 2.18. The molecule has 2 heterocycles. The summed E-state index contributed by atoms with van der Waals surface area (Å²) in [5.74, 6) is -1.73. The van der Waals surface area contributed by atoms with Crippen LogP contribution in [-0.2, 0) is 9.59 Å². The van der Waals surface area contributed by atoms with Gasteiger partial charge in [-0.1, -0.05) is 23.7 Å². The Morgan fingerprint density at radius 2 is 2.04 bits per heavy atom. The maximum Gasteiger partial charge on any atom is 0.433 e. The predicted molar refractivity (Wildman–Crippen MR) is 98.1 cm³/mol. The SMILES string of the molecule is O=C(CN1C(=O)S/C(=C/c2ccc([N+](=O)[O-])o2)C1=O)Nc1ccccc1Cl. The molecule has 0 aliphatic carbocycles. The van der Waals surface area contributed by atoms with Crippen molar-refractivity contribution in [2.45, 2.75) is 0 Å². The van der Waals surface area contributed by atoms with Crippen molar-refractivity contribution in [3.05, 3.63) is 62.2 Å². The molecule has 0 atom stereocenters. The van der Waals surface area contributed by atoms with Crippen LogP contribution in [0.15, 0.2) is 45.7 Å². The summed E-state index contributed by atoms with van der Waals surface area (Å²) >= 11 is 6.55. The standard InChI is InChI=1S/C16H10ClN3O6S/c17-10-3-1-2-4-11(10)18-13(21)8-19-15(22)12(27-16(19)23)7-9-5-6-14(26-9)20(24)25/h1-7H,8H2,(H,18,21)/b12-7+. The number of imide groups is 1. The third kappa shape index (κ3) is 4.18. The molecule has 3 amide bonds. The van der Waals surface area contributed by atoms with Crippen molar-refractivity contribution >= 4 is 58.1 Å². The first-order chi connectivity index (χ1) is 12.8. The minimum atomic E-state index is -0.720. The van der Waals surface area contributed by atoms with Gasteiger partial charge < -0.3 is 9.73 Å². The van der Waals surface area contributed by atoms with E-state index in [2.05, 4.69) is 5.32 Å². The van der Waals surface area contributed by atoms with Gasteiger partial charge in [0.2, 0.25) is 5.91 Å². The Balaban J connectivity index is 1.70. The van der Waals surface area contributed by atoms with Crippen LogP contribution >= 0.6 is 23.4 Å². The minimum absolute atomic E-state index is 0.00482. The van der Waals surface area contributed by atoms with Gasteiger partial charge in [-0.05, 0) is 30.0 Å². The Morgan fingerprint density at radius 1 is 1.30 bits per heavy atom. The molecule has 2 aromatic rings. The number of halogens is 1. The van der Waals surface area contributed by atoms with Gasteiger partial charge in [-0.3, -0.25) is 29.4 Å². The molecule has 138 valence electrons. The van der Waals surface area contributed by atoms with Crippen LogP contribution in [0.3, 0.4) is 0 Å². The first-order valence-corrected chi connectivity index (χ1v) is 8.58. The third-order valence-electron chi connectivity index (χ3n) is 3.39. The number of nitrogens with zero attached hydrogens (tertiary/aromatic N) is 2. The molecule has 1 aliphatic rings. The van der Waals surface area contributed by atoms with E-state index in [1.54, 1.807) is 24.3 Å². The lowest BCUT2D eigenvalue weighted by Gasteiger charge is -2.13. The minimum Gasteiger partial charge on any atom is -0.401 e. The van der Waals surface area contributed by atoms with Crippen LogP contribution in [0.5, 0.6) is 0 Å². The zero-order valence-electron chi connectivity index (χ0n) is 13.4. The Kier molecular flexibility index (Phi) is 5.28. The second-order valence-electron chi connectivity index (χ2n) is 5.23. The van der Waals surface area contributed by atoms with E-state index in [-0.39, 0.29) is 10.7 Å². The van der Waals surface area contributed by atoms with Gasteiger partial charge in [0.1, 0.15) is 17.2 Å². The number of furan rings is 1. The van der Waals surface area contributed by atoms with Crippen LogP contribution < -0.4 is 5.32 Å². The lowest BCUT2D eigenvalue weighted by molar-refractivity contribution is -0.402. The monoisotopic (exact) mass is 407 g/mol. The van der Waals surface area contributed by atoms with Gasteiger partial charge in [0, 0.05) is 6.08 Å². The number of amides is 3. The molecule has 1 aromatic carbocycles. The average Bonchev–Trinajstić information content (AvgIpc) is 3.18. The molecule has 0 unspecified atom stereocenters. The van der Waals surface area contributed by atoms with E-state index in [1.807, 2.05) is 0 Å². The largest absolute Gasteiger partial charge is 0.433 e. The maximum absolute atomic E-state index is 12.4. The Bertz CT molecular complexity index is 986. The highest BCUT2D eigenvalue weighted by Gasteiger charge is 2.36. The molecule has 0 spiro atoms. The smallest absolute Gasteiger partial charge is 0.401 e. The summed E-state index contributed by atoms with van der Waals surface area (Å²) in [5, 5.41) is 12.8. The van der Waals surface area contributed by atoms with Crippen LogP contribution in [0.25, 0.3) is 6.08 Å². The van der Waals surface area contributed by atoms with Crippen molar-refractivity contribution in [2.24, 2.45) is 0 Å². The molecule has 0 bridgehead atoms. The van der Waals surface area contributed by atoms with Crippen molar-refractivity contribution in [1.82, 2.24) is 4.90 Å². The van der Waals surface area contributed by atoms with Crippen molar-refractivity contribution in [3.8, 4) is 0 Å². The van der Waals surface area contributed by atoms with Crippen molar-refractivity contribution in [3.63, 3.8) is 0 Å². The predicted octanol–water partition coefficient (Wildman–Crippen LogP) is 3.52. The van der Waals surface area contributed by atoms with Gasteiger partial charge in [-0.15, -0.1) is 0 Å². The lowest BCUT2D eigenvalue weighted by Crippen LogP contribution is -2.36. The number of nitro groups is 1. The van der Waals surface area contributed by atoms with Crippen molar-refractivity contribution < 1.29 is 23.7 Å². The van der Waals surface area contributed by atoms with E-state index in [0.717, 1.165) is 11.0 Å². The molecular weight excluding hydrogens is 398 g/mol. The average molecular weight is 408 g/mol. The quantitative estimate of drug-likeness (QED) is 0.457. The zero-order valence-corrected chi connectivity index (χ0v) is 15.0. The first-order valence-electron chi connectivity index (χ1n) is 7.39. The van der Waals surface area contributed by atoms with Gasteiger partial charge in [0.15, 0.2) is 0 Å². The van der Waals surface area contributed by atoms with Crippen LogP contribution in [0, 0.1) is 10.1 Å². The second-order valence-corrected chi connectivity index (χ2v) is 6.63. The summed E-state index contributed by atoms with van der Waals surface area (Å²) in [7, 11) is 0. The molecule has 1 fully saturated rings. The number of carbonyl (C=O) groups excluding carboxylic acids is 3. The maximum atomic E-state index is 12.4. The highest BCUT2D eigenvalue weighted by Crippen LogP contribution is 2.33. The number of hydrogen-bond acceptors (Lipinski definition) is 7. The lowest BCUT2D eigenvalue weighted by atomic mass is 10.3. The summed E-state index contributed by atoms with van der Waals surface area (Å²) in [6.45, 7) is -0.495. The number of anilines is 1. The van der Waals surface area contributed by atoms with E-state index in [1.165, 1.54) is 12.1 Å². The highest BCUT2D eigenvalue weighted by molar-refractivity contribution is 8.18. The second kappa shape index (κ2) is 7.64. The first kappa shape index (κ1) is 18.7. The van der Waals surface area contributed by atoms with Gasteiger partial charge in [0.25, 0.3) is 11.1 Å². The van der Waals surface area contributed by atoms with Crippen LogP contribution in [0.1, 0.15) is 5.76 Å². The van der Waals surface area contributed by atoms with Gasteiger partial charge >= 0.3 is 5.88 Å². The number of hydrogen-bond donors (Lipinski definition) is 1. The number of carbonyl (C=O) groups is 3. The number of rotatable bonds is 5. The number of thioether (sulfide) groups is 1. The number of nitrogens with one attached hydrogen (secondary N) is 1. The Labute approximate surface area is 161 Å². The van der Waals surface area contributed by atoms with Crippen LogP contribution in [0.2, 0.25) is 5.02 Å². The highest BCUT2D eigenvalue weighted by atomic mass is 35.5. The zero-order chi connectivity index (χ0) is 19.6. The molecule has 3 rings (SSSR count). The molecular formula is C16H10ClN3O6S. The topological polar surface area (TPSA) is 123 Å². The van der Waals surface area contributed by atoms with E-state index in [9.17, 15) is 24.5 Å². The van der Waals surface area contributed by atoms with Crippen LogP contribution in [0.4, 0.5) is 16.4 Å². The molecule has 1 saturated heterocycles. The summed E-state index contributed by atoms with van der Waals surface area (Å²) in [6, 6.07) is 8.97. The van der Waals surface area contributed by atoms with E-state index >= 15 is 0 Å². The Morgan fingerprint density at radius 3 is 2.70 bits per heavy atom. The van der Waals surface area contributed by atoms with Crippen molar-refractivity contribution in [1.29, 1.82) is 0 Å². The van der Waals surface area contributed by atoms with E-state index < -0.39 is 34.4 Å². The van der Waals surface area contributed by atoms with Gasteiger partial charge in [-0.2, -0.15) is 0 Å². The summed E-state index contributed by atoms with van der Waals surface area (Å²) < 4.78 is 4.93. The number of para-hydroxylation sites is 1. The fraction of sp³-hybridized carbons (Fsp3) is 0.0625. The fourth-order valence-corrected chi connectivity index (χ4v) is 3.18. The summed E-state index contributed by atoms with van der Waals surface area (Å²) in [5.41, 5.74) is 0.356. The molecule has 27 heavy (non-hydrogen) atoms. The number of benzene rings is 1. The normalized spacial score (nSPS) is 15.4. The summed E-state index contributed by atoms with van der Waals surface area (Å²) in [4.78, 5) is 47.2. The molecule has 0 saturated carbocycles. The van der Waals surface area contributed by atoms with E-state index in [4.69, 9.17) is 16.0 Å².